The number of rotatable bonds is 0. The molecule has 0 aliphatic carbocycles. The van der Waals surface area contributed by atoms with Crippen molar-refractivity contribution in [2.45, 2.75) is 11.8 Å². The standard InChI is InChI=1S/C16H9ClF3NO3/c17-11-1-2-13-12(7-11)15(16(18,19)20,24-9-14(22)21-13)5-3-10-4-6-23-8-10/h1-2,4,6-8H,9H2,(H,21,22)/t15-/m0/s1. The fourth-order valence-corrected chi connectivity index (χ4v) is 2.43. The van der Waals surface area contributed by atoms with Gasteiger partial charge in [0.05, 0.1) is 11.8 Å². The lowest BCUT2D eigenvalue weighted by Gasteiger charge is -2.30. The smallest absolute Gasteiger partial charge is 0.433 e. The Morgan fingerprint density at radius 1 is 1.29 bits per heavy atom. The molecule has 2 aromatic rings. The Labute approximate surface area is 139 Å². The topological polar surface area (TPSA) is 51.5 Å². The summed E-state index contributed by atoms with van der Waals surface area (Å²) in [5, 5.41) is 2.42. The van der Waals surface area contributed by atoms with Crippen molar-refractivity contribution < 1.29 is 27.1 Å². The SMILES string of the molecule is O=C1CO[C@](C#Cc2ccoc2)(C(F)(F)F)c2cc(Cl)ccc2N1. The van der Waals surface area contributed by atoms with Crippen molar-refractivity contribution in [3.05, 3.63) is 52.9 Å². The molecule has 0 saturated heterocycles. The van der Waals surface area contributed by atoms with E-state index in [-0.39, 0.29) is 21.8 Å². The third kappa shape index (κ3) is 2.86. The lowest BCUT2D eigenvalue weighted by molar-refractivity contribution is -0.256. The Morgan fingerprint density at radius 3 is 2.75 bits per heavy atom. The summed E-state index contributed by atoms with van der Waals surface area (Å²) in [6, 6.07) is 5.15. The number of alkyl halides is 3. The van der Waals surface area contributed by atoms with Crippen LogP contribution < -0.4 is 5.32 Å². The first-order chi connectivity index (χ1) is 11.3. The zero-order valence-corrected chi connectivity index (χ0v) is 12.7. The molecule has 1 amide bonds. The van der Waals surface area contributed by atoms with E-state index >= 15 is 0 Å². The third-order valence-corrected chi connectivity index (χ3v) is 3.59. The molecular formula is C16H9ClF3NO3. The fraction of sp³-hybridized carbons (Fsp3) is 0.188. The van der Waals surface area contributed by atoms with Gasteiger partial charge in [-0.15, -0.1) is 0 Å². The number of hydrogen-bond acceptors (Lipinski definition) is 3. The van der Waals surface area contributed by atoms with Crippen molar-refractivity contribution in [3.63, 3.8) is 0 Å². The Kier molecular flexibility index (Phi) is 4.03. The Bertz CT molecular complexity index is 836. The maximum absolute atomic E-state index is 13.9. The van der Waals surface area contributed by atoms with Crippen molar-refractivity contribution in [3.8, 4) is 11.8 Å². The van der Waals surface area contributed by atoms with E-state index in [2.05, 4.69) is 17.2 Å². The summed E-state index contributed by atoms with van der Waals surface area (Å²) >= 11 is 5.84. The van der Waals surface area contributed by atoms with Crippen molar-refractivity contribution in [2.75, 3.05) is 11.9 Å². The first-order valence-corrected chi connectivity index (χ1v) is 7.05. The van der Waals surface area contributed by atoms with Crippen molar-refractivity contribution in [1.29, 1.82) is 0 Å². The number of fused-ring (bicyclic) bond motifs is 1. The largest absolute Gasteiger partial charge is 0.471 e. The highest BCUT2D eigenvalue weighted by Crippen LogP contribution is 2.46. The number of amides is 1. The van der Waals surface area contributed by atoms with Gasteiger partial charge in [-0.3, -0.25) is 4.79 Å². The van der Waals surface area contributed by atoms with Gasteiger partial charge >= 0.3 is 6.18 Å². The molecule has 0 spiro atoms. The summed E-state index contributed by atoms with van der Waals surface area (Å²) in [7, 11) is 0. The van der Waals surface area contributed by atoms with Crippen LogP contribution in [0.25, 0.3) is 0 Å². The maximum Gasteiger partial charge on any atom is 0.433 e. The van der Waals surface area contributed by atoms with Gasteiger partial charge in [0.2, 0.25) is 5.91 Å². The molecule has 1 aromatic carbocycles. The van der Waals surface area contributed by atoms with Gasteiger partial charge in [-0.2, -0.15) is 13.2 Å². The van der Waals surface area contributed by atoms with Crippen LogP contribution in [0, 0.1) is 11.8 Å². The van der Waals surface area contributed by atoms with Crippen LogP contribution >= 0.6 is 11.6 Å². The van der Waals surface area contributed by atoms with Crippen LogP contribution in [0.2, 0.25) is 5.02 Å². The molecular weight excluding hydrogens is 347 g/mol. The van der Waals surface area contributed by atoms with E-state index in [1.807, 2.05) is 0 Å². The predicted molar refractivity (Wildman–Crippen MR) is 79.4 cm³/mol. The minimum atomic E-state index is -4.91. The predicted octanol–water partition coefficient (Wildman–Crippen LogP) is 3.71. The molecule has 1 atom stereocenters. The molecule has 0 radical (unpaired) electrons. The van der Waals surface area contributed by atoms with Crippen LogP contribution in [-0.4, -0.2) is 18.7 Å². The molecule has 8 heteroatoms. The average Bonchev–Trinajstić information content (AvgIpc) is 2.97. The van der Waals surface area contributed by atoms with Gasteiger partial charge in [0.15, 0.2) is 0 Å². The van der Waals surface area contributed by atoms with E-state index in [1.165, 1.54) is 30.7 Å². The Balaban J connectivity index is 2.25. The highest BCUT2D eigenvalue weighted by atomic mass is 35.5. The Morgan fingerprint density at radius 2 is 2.08 bits per heavy atom. The Hall–Kier alpha value is -2.43. The van der Waals surface area contributed by atoms with E-state index in [0.29, 0.717) is 0 Å². The molecule has 0 saturated carbocycles. The summed E-state index contributed by atoms with van der Waals surface area (Å²) in [6.07, 6.45) is -2.42. The molecule has 24 heavy (non-hydrogen) atoms. The van der Waals surface area contributed by atoms with E-state index in [9.17, 15) is 18.0 Å². The summed E-state index contributed by atoms with van der Waals surface area (Å²) in [4.78, 5) is 11.7. The first kappa shape index (κ1) is 16.4. The second kappa shape index (κ2) is 5.89. The van der Waals surface area contributed by atoms with Gasteiger partial charge in [-0.25, -0.2) is 0 Å². The second-order valence-corrected chi connectivity index (χ2v) is 5.40. The molecule has 4 nitrogen and oxygen atoms in total. The quantitative estimate of drug-likeness (QED) is 0.733. The normalized spacial score (nSPS) is 20.4. The molecule has 1 aliphatic rings. The van der Waals surface area contributed by atoms with Gasteiger partial charge in [0, 0.05) is 16.3 Å². The molecule has 124 valence electrons. The zero-order chi connectivity index (χ0) is 17.4. The van der Waals surface area contributed by atoms with Crippen LogP contribution in [0.5, 0.6) is 0 Å². The number of ether oxygens (including phenoxy) is 1. The number of anilines is 1. The molecule has 0 unspecified atom stereocenters. The maximum atomic E-state index is 13.9. The van der Waals surface area contributed by atoms with E-state index in [0.717, 1.165) is 6.07 Å². The number of furan rings is 1. The summed E-state index contributed by atoms with van der Waals surface area (Å²) < 4.78 is 51.5. The number of halogens is 4. The number of carbonyl (C=O) groups is 1. The molecule has 3 rings (SSSR count). The minimum absolute atomic E-state index is 0.0549. The van der Waals surface area contributed by atoms with Gasteiger partial charge in [0.25, 0.3) is 5.60 Å². The minimum Gasteiger partial charge on any atom is -0.471 e. The number of carbonyl (C=O) groups excluding carboxylic acids is 1. The van der Waals surface area contributed by atoms with Crippen LogP contribution in [0.15, 0.2) is 41.2 Å². The summed E-state index contributed by atoms with van der Waals surface area (Å²) in [5.41, 5.74) is -3.18. The van der Waals surface area contributed by atoms with Gasteiger partial charge in [0.1, 0.15) is 12.9 Å². The van der Waals surface area contributed by atoms with Crippen LogP contribution in [0.4, 0.5) is 18.9 Å². The molecule has 1 aliphatic heterocycles. The van der Waals surface area contributed by atoms with Gasteiger partial charge < -0.3 is 14.5 Å². The second-order valence-electron chi connectivity index (χ2n) is 4.97. The third-order valence-electron chi connectivity index (χ3n) is 3.36. The van der Waals surface area contributed by atoms with Crippen LogP contribution in [-0.2, 0) is 15.1 Å². The molecule has 0 fully saturated rings. The van der Waals surface area contributed by atoms with Crippen molar-refractivity contribution in [1.82, 2.24) is 0 Å². The average molecular weight is 356 g/mol. The first-order valence-electron chi connectivity index (χ1n) is 6.68. The van der Waals surface area contributed by atoms with E-state index in [4.69, 9.17) is 20.8 Å². The number of hydrogen-bond donors (Lipinski definition) is 1. The van der Waals surface area contributed by atoms with Crippen molar-refractivity contribution >= 4 is 23.2 Å². The zero-order valence-electron chi connectivity index (χ0n) is 11.9. The highest BCUT2D eigenvalue weighted by Gasteiger charge is 2.59. The van der Waals surface area contributed by atoms with E-state index in [1.54, 1.807) is 0 Å². The molecule has 1 N–H and O–H groups in total. The lowest BCUT2D eigenvalue weighted by Crippen LogP contribution is -2.44. The van der Waals surface area contributed by atoms with Crippen LogP contribution in [0.1, 0.15) is 11.1 Å². The molecule has 1 aromatic heterocycles. The number of benzene rings is 1. The monoisotopic (exact) mass is 355 g/mol. The van der Waals surface area contributed by atoms with Crippen molar-refractivity contribution in [2.24, 2.45) is 0 Å². The van der Waals surface area contributed by atoms with E-state index < -0.39 is 24.3 Å². The summed E-state index contributed by atoms with van der Waals surface area (Å²) in [5.74, 6) is 3.77. The molecule has 2 heterocycles. The fourth-order valence-electron chi connectivity index (χ4n) is 2.26. The summed E-state index contributed by atoms with van der Waals surface area (Å²) in [6.45, 7) is -0.800. The van der Waals surface area contributed by atoms with Crippen LogP contribution in [0.3, 0.4) is 0 Å². The lowest BCUT2D eigenvalue weighted by atomic mass is 9.91. The van der Waals surface area contributed by atoms with Gasteiger partial charge in [-0.1, -0.05) is 17.5 Å². The number of nitrogens with one attached hydrogen (secondary N) is 1. The molecule has 0 bridgehead atoms. The highest BCUT2D eigenvalue weighted by molar-refractivity contribution is 6.30. The van der Waals surface area contributed by atoms with Gasteiger partial charge in [-0.05, 0) is 30.2 Å².